The fourth-order valence-electron chi connectivity index (χ4n) is 3.18. The van der Waals surface area contributed by atoms with Crippen molar-refractivity contribution in [1.29, 1.82) is 0 Å². The van der Waals surface area contributed by atoms with Crippen molar-refractivity contribution >= 4 is 44.5 Å². The van der Waals surface area contributed by atoms with Crippen LogP contribution in [-0.2, 0) is 4.79 Å². The first-order valence-electron chi connectivity index (χ1n) is 7.46. The SMILES string of the molecule is CC(C)(C)[C@@H](C(=O)O)N1C(=O)c2cccc3c(Br)ccc(c23)C1=O. The highest BCUT2D eigenvalue weighted by atomic mass is 79.9. The van der Waals surface area contributed by atoms with Crippen LogP contribution in [0.3, 0.4) is 0 Å². The maximum Gasteiger partial charge on any atom is 0.327 e. The monoisotopic (exact) mass is 389 g/mol. The van der Waals surface area contributed by atoms with E-state index in [1.54, 1.807) is 45.0 Å². The zero-order valence-corrected chi connectivity index (χ0v) is 15.0. The molecule has 0 radical (unpaired) electrons. The van der Waals surface area contributed by atoms with Gasteiger partial charge in [0.25, 0.3) is 11.8 Å². The molecule has 1 aliphatic heterocycles. The molecule has 0 fully saturated rings. The number of hydrogen-bond acceptors (Lipinski definition) is 3. The topological polar surface area (TPSA) is 74.7 Å². The van der Waals surface area contributed by atoms with Crippen LogP contribution in [0.25, 0.3) is 10.8 Å². The van der Waals surface area contributed by atoms with Crippen molar-refractivity contribution in [2.75, 3.05) is 0 Å². The van der Waals surface area contributed by atoms with Gasteiger partial charge in [0.05, 0.1) is 0 Å². The van der Waals surface area contributed by atoms with Crippen LogP contribution in [-0.4, -0.2) is 33.8 Å². The zero-order valence-electron chi connectivity index (χ0n) is 13.5. The summed E-state index contributed by atoms with van der Waals surface area (Å²) in [7, 11) is 0. The van der Waals surface area contributed by atoms with E-state index >= 15 is 0 Å². The summed E-state index contributed by atoms with van der Waals surface area (Å²) in [6, 6.07) is 7.29. The number of carbonyl (C=O) groups is 3. The number of imide groups is 1. The minimum absolute atomic E-state index is 0.346. The number of halogens is 1. The van der Waals surface area contributed by atoms with Crippen molar-refractivity contribution in [2.24, 2.45) is 5.41 Å². The van der Waals surface area contributed by atoms with Crippen LogP contribution < -0.4 is 0 Å². The molecule has 5 nitrogen and oxygen atoms in total. The molecular formula is C18H16BrNO4. The predicted octanol–water partition coefficient (Wildman–Crippen LogP) is 3.70. The quantitative estimate of drug-likeness (QED) is 0.794. The van der Waals surface area contributed by atoms with Crippen molar-refractivity contribution < 1.29 is 19.5 Å². The van der Waals surface area contributed by atoms with E-state index in [1.807, 2.05) is 6.07 Å². The Hall–Kier alpha value is -2.21. The van der Waals surface area contributed by atoms with E-state index in [0.717, 1.165) is 14.8 Å². The van der Waals surface area contributed by atoms with Gasteiger partial charge in [-0.1, -0.05) is 48.8 Å². The largest absolute Gasteiger partial charge is 0.480 e. The summed E-state index contributed by atoms with van der Waals surface area (Å²) in [6.07, 6.45) is 0. The van der Waals surface area contributed by atoms with Gasteiger partial charge in [0, 0.05) is 21.0 Å². The van der Waals surface area contributed by atoms with Crippen LogP contribution in [0.2, 0.25) is 0 Å². The third-order valence-corrected chi connectivity index (χ3v) is 4.89. The molecule has 1 N–H and O–H groups in total. The minimum atomic E-state index is -1.25. The number of carbonyl (C=O) groups excluding carboxylic acids is 2. The number of aliphatic carboxylic acids is 1. The van der Waals surface area contributed by atoms with Gasteiger partial charge in [-0.15, -0.1) is 0 Å². The van der Waals surface area contributed by atoms with E-state index in [1.165, 1.54) is 0 Å². The first-order valence-corrected chi connectivity index (χ1v) is 8.26. The van der Waals surface area contributed by atoms with Crippen LogP contribution >= 0.6 is 15.9 Å². The molecule has 3 rings (SSSR count). The van der Waals surface area contributed by atoms with Crippen LogP contribution in [0, 0.1) is 5.41 Å². The molecule has 0 saturated carbocycles. The highest BCUT2D eigenvalue weighted by Gasteiger charge is 2.46. The lowest BCUT2D eigenvalue weighted by molar-refractivity contribution is -0.145. The average molecular weight is 390 g/mol. The van der Waals surface area contributed by atoms with Crippen LogP contribution in [0.15, 0.2) is 34.8 Å². The lowest BCUT2D eigenvalue weighted by atomic mass is 9.83. The lowest BCUT2D eigenvalue weighted by Gasteiger charge is -2.38. The van der Waals surface area contributed by atoms with E-state index in [2.05, 4.69) is 15.9 Å². The Labute approximate surface area is 147 Å². The van der Waals surface area contributed by atoms with Crippen molar-refractivity contribution in [2.45, 2.75) is 26.8 Å². The molecule has 6 heteroatoms. The Morgan fingerprint density at radius 2 is 1.67 bits per heavy atom. The third kappa shape index (κ3) is 2.33. The summed E-state index contributed by atoms with van der Waals surface area (Å²) >= 11 is 3.43. The summed E-state index contributed by atoms with van der Waals surface area (Å²) in [5.41, 5.74) is -0.101. The van der Waals surface area contributed by atoms with Gasteiger partial charge >= 0.3 is 5.97 Å². The highest BCUT2D eigenvalue weighted by Crippen LogP contribution is 2.37. The van der Waals surface area contributed by atoms with E-state index in [0.29, 0.717) is 16.5 Å². The zero-order chi connectivity index (χ0) is 17.8. The second-order valence-electron chi connectivity index (χ2n) is 6.91. The normalized spacial score (nSPS) is 15.8. The van der Waals surface area contributed by atoms with Crippen molar-refractivity contribution in [3.63, 3.8) is 0 Å². The van der Waals surface area contributed by atoms with Gasteiger partial charge in [0.15, 0.2) is 0 Å². The molecule has 1 atom stereocenters. The molecule has 1 aliphatic rings. The molecular weight excluding hydrogens is 374 g/mol. The molecule has 2 amide bonds. The number of rotatable bonds is 2. The van der Waals surface area contributed by atoms with E-state index in [4.69, 9.17) is 0 Å². The Morgan fingerprint density at radius 1 is 1.08 bits per heavy atom. The smallest absolute Gasteiger partial charge is 0.327 e. The molecule has 0 aliphatic carbocycles. The van der Waals surface area contributed by atoms with Crippen molar-refractivity contribution in [1.82, 2.24) is 4.90 Å². The summed E-state index contributed by atoms with van der Waals surface area (Å²) in [5, 5.41) is 11.0. The van der Waals surface area contributed by atoms with Gasteiger partial charge in [0.1, 0.15) is 6.04 Å². The molecule has 0 unspecified atom stereocenters. The van der Waals surface area contributed by atoms with Crippen LogP contribution in [0.5, 0.6) is 0 Å². The summed E-state index contributed by atoms with van der Waals surface area (Å²) in [4.78, 5) is 38.6. The summed E-state index contributed by atoms with van der Waals surface area (Å²) < 4.78 is 0.780. The number of nitrogens with zero attached hydrogens (tertiary/aromatic N) is 1. The van der Waals surface area contributed by atoms with E-state index < -0.39 is 29.2 Å². The number of hydrogen-bond donors (Lipinski definition) is 1. The first-order chi connectivity index (χ1) is 11.1. The lowest BCUT2D eigenvalue weighted by Crippen LogP contribution is -2.56. The molecule has 2 aromatic rings. The van der Waals surface area contributed by atoms with Gasteiger partial charge in [-0.2, -0.15) is 0 Å². The molecule has 1 heterocycles. The van der Waals surface area contributed by atoms with Crippen LogP contribution in [0.1, 0.15) is 41.5 Å². The molecule has 0 saturated heterocycles. The van der Waals surface area contributed by atoms with Gasteiger partial charge in [0.2, 0.25) is 0 Å². The van der Waals surface area contributed by atoms with Crippen molar-refractivity contribution in [3.05, 3.63) is 45.9 Å². The van der Waals surface area contributed by atoms with Crippen LogP contribution in [0.4, 0.5) is 0 Å². The number of benzene rings is 2. The molecule has 24 heavy (non-hydrogen) atoms. The standard InChI is InChI=1S/C18H16BrNO4/c1-18(2,3)14(17(23)24)20-15(21)10-6-4-5-9-12(19)8-7-11(13(9)10)16(20)22/h4-8,14H,1-3H3,(H,23,24)/t14-/m1/s1. The Morgan fingerprint density at radius 3 is 2.21 bits per heavy atom. The minimum Gasteiger partial charge on any atom is -0.480 e. The van der Waals surface area contributed by atoms with Gasteiger partial charge in [-0.25, -0.2) is 4.79 Å². The summed E-state index contributed by atoms with van der Waals surface area (Å²) in [5.74, 6) is -2.34. The number of amides is 2. The fourth-order valence-corrected chi connectivity index (χ4v) is 3.64. The second kappa shape index (κ2) is 5.41. The second-order valence-corrected chi connectivity index (χ2v) is 7.76. The highest BCUT2D eigenvalue weighted by molar-refractivity contribution is 9.10. The van der Waals surface area contributed by atoms with E-state index in [9.17, 15) is 19.5 Å². The Kier molecular flexibility index (Phi) is 3.75. The average Bonchev–Trinajstić information content (AvgIpc) is 2.48. The molecule has 124 valence electrons. The molecule has 0 aromatic heterocycles. The van der Waals surface area contributed by atoms with Gasteiger partial charge < -0.3 is 5.11 Å². The number of carboxylic acids is 1. The van der Waals surface area contributed by atoms with Gasteiger partial charge in [-0.05, 0) is 29.0 Å². The summed E-state index contributed by atoms with van der Waals surface area (Å²) in [6.45, 7) is 5.10. The maximum atomic E-state index is 12.9. The molecule has 0 bridgehead atoms. The van der Waals surface area contributed by atoms with Crippen molar-refractivity contribution in [3.8, 4) is 0 Å². The Bertz CT molecular complexity index is 876. The predicted molar refractivity (Wildman–Crippen MR) is 93.0 cm³/mol. The maximum absolute atomic E-state index is 12.9. The fraction of sp³-hybridized carbons (Fsp3) is 0.278. The van der Waals surface area contributed by atoms with Gasteiger partial charge in [-0.3, -0.25) is 14.5 Å². The Balaban J connectivity index is 2.29. The third-order valence-electron chi connectivity index (χ3n) is 4.20. The first kappa shape index (κ1) is 16.6. The number of carboxylic acid groups (broad SMARTS) is 1. The molecule has 2 aromatic carbocycles. The molecule has 0 spiro atoms. The van der Waals surface area contributed by atoms with E-state index in [-0.39, 0.29) is 0 Å².